The largest absolute Gasteiger partial charge is 0.411 e. The summed E-state index contributed by atoms with van der Waals surface area (Å²) in [5.41, 5.74) is 2.99. The van der Waals surface area contributed by atoms with Gasteiger partial charge in [-0.2, -0.15) is 5.26 Å². The van der Waals surface area contributed by atoms with Crippen molar-refractivity contribution < 1.29 is 0 Å². The highest BCUT2D eigenvalue weighted by Gasteiger charge is 2.40. The topological polar surface area (TPSA) is 42.8 Å². The van der Waals surface area contributed by atoms with Gasteiger partial charge >= 0.3 is 0 Å². The Morgan fingerprint density at radius 1 is 0.846 bits per heavy atom. The Kier molecular flexibility index (Phi) is 5.49. The molecule has 3 nitrogen and oxygen atoms in total. The average Bonchev–Trinajstić information content (AvgIpc) is 2.84. The molecule has 0 saturated heterocycles. The standard InChI is InChI=1S/C20H33N3Si3/c1-24(2,3)19-18(16-13-11-10-12-14-16)17(15-21)22-20(19)23(25(4,5)6)26(7,8)9/h10-14,22H,1-9H3. The van der Waals surface area contributed by atoms with E-state index in [1.807, 2.05) is 6.07 Å². The molecule has 26 heavy (non-hydrogen) atoms. The fourth-order valence-corrected chi connectivity index (χ4v) is 15.9. The van der Waals surface area contributed by atoms with Crippen LogP contribution in [0.25, 0.3) is 11.1 Å². The molecule has 2 rings (SSSR count). The van der Waals surface area contributed by atoms with Gasteiger partial charge in [0.25, 0.3) is 0 Å². The van der Waals surface area contributed by atoms with E-state index in [2.05, 4.69) is 98.5 Å². The lowest BCUT2D eigenvalue weighted by molar-refractivity contribution is 1.25. The maximum atomic E-state index is 9.91. The minimum Gasteiger partial charge on any atom is -0.411 e. The predicted octanol–water partition coefficient (Wildman–Crippen LogP) is 5.57. The molecule has 140 valence electrons. The van der Waals surface area contributed by atoms with E-state index in [4.69, 9.17) is 0 Å². The Labute approximate surface area is 162 Å². The van der Waals surface area contributed by atoms with E-state index in [0.717, 1.165) is 11.1 Å². The second-order valence-corrected chi connectivity index (χ2v) is 25.0. The third-order valence-electron chi connectivity index (χ3n) is 4.47. The fourth-order valence-electron chi connectivity index (χ4n) is 4.04. The van der Waals surface area contributed by atoms with Gasteiger partial charge in [-0.3, -0.25) is 0 Å². The smallest absolute Gasteiger partial charge is 0.139 e. The van der Waals surface area contributed by atoms with Crippen LogP contribution in [0.3, 0.4) is 0 Å². The van der Waals surface area contributed by atoms with E-state index in [-0.39, 0.29) is 0 Å². The van der Waals surface area contributed by atoms with Crippen LogP contribution >= 0.6 is 0 Å². The van der Waals surface area contributed by atoms with Crippen LogP contribution in [0.4, 0.5) is 5.82 Å². The molecule has 0 bridgehead atoms. The van der Waals surface area contributed by atoms with E-state index in [1.165, 1.54) is 11.0 Å². The Morgan fingerprint density at radius 3 is 1.73 bits per heavy atom. The molecule has 2 aromatic rings. The average molecular weight is 400 g/mol. The zero-order valence-corrected chi connectivity index (χ0v) is 20.8. The number of aromatic amines is 1. The van der Waals surface area contributed by atoms with Gasteiger partial charge in [0.15, 0.2) is 0 Å². The molecule has 0 aliphatic rings. The van der Waals surface area contributed by atoms with Gasteiger partial charge in [0.1, 0.15) is 28.2 Å². The molecular weight excluding hydrogens is 366 g/mol. The van der Waals surface area contributed by atoms with Crippen LogP contribution in [0.2, 0.25) is 58.9 Å². The second-order valence-electron chi connectivity index (χ2n) is 10.0. The molecule has 0 fully saturated rings. The number of anilines is 1. The third-order valence-corrected chi connectivity index (χ3v) is 13.6. The number of nitrogens with zero attached hydrogens (tertiary/aromatic N) is 2. The summed E-state index contributed by atoms with van der Waals surface area (Å²) < 4.78 is 2.72. The summed E-state index contributed by atoms with van der Waals surface area (Å²) in [6.07, 6.45) is 0. The lowest BCUT2D eigenvalue weighted by atomic mass is 10.1. The van der Waals surface area contributed by atoms with Gasteiger partial charge < -0.3 is 9.22 Å². The maximum absolute atomic E-state index is 9.91. The summed E-state index contributed by atoms with van der Waals surface area (Å²) in [5, 5.41) is 11.3. The van der Waals surface area contributed by atoms with E-state index in [0.29, 0.717) is 5.69 Å². The van der Waals surface area contributed by atoms with Gasteiger partial charge in [-0.1, -0.05) is 89.3 Å². The molecule has 0 spiro atoms. The van der Waals surface area contributed by atoms with Crippen molar-refractivity contribution in [2.24, 2.45) is 0 Å². The molecule has 0 atom stereocenters. The van der Waals surface area contributed by atoms with Gasteiger partial charge in [-0.25, -0.2) is 0 Å². The number of benzene rings is 1. The van der Waals surface area contributed by atoms with Crippen molar-refractivity contribution in [3.63, 3.8) is 0 Å². The second kappa shape index (κ2) is 6.87. The summed E-state index contributed by atoms with van der Waals surface area (Å²) in [7, 11) is -4.94. The van der Waals surface area contributed by atoms with Crippen LogP contribution < -0.4 is 9.42 Å². The SMILES string of the molecule is C[Si](C)(C)c1c(N([Si](C)(C)C)[Si](C)(C)C)[nH]c(C#N)c1-c1ccccc1. The zero-order valence-electron chi connectivity index (χ0n) is 17.8. The molecular formula is C20H33N3Si3. The van der Waals surface area contributed by atoms with Gasteiger partial charge in [-0.15, -0.1) is 0 Å². The van der Waals surface area contributed by atoms with Crippen LogP contribution in [0, 0.1) is 11.3 Å². The maximum Gasteiger partial charge on any atom is 0.139 e. The first-order valence-corrected chi connectivity index (χ1v) is 19.7. The Bertz CT molecular complexity index is 799. The fraction of sp³-hybridized carbons (Fsp3) is 0.450. The van der Waals surface area contributed by atoms with Gasteiger partial charge in [0.05, 0.1) is 13.9 Å². The quantitative estimate of drug-likeness (QED) is 0.667. The van der Waals surface area contributed by atoms with Crippen molar-refractivity contribution in [2.45, 2.75) is 58.9 Å². The highest BCUT2D eigenvalue weighted by Crippen LogP contribution is 2.34. The monoisotopic (exact) mass is 399 g/mol. The molecule has 1 aromatic carbocycles. The number of nitrogens with one attached hydrogen (secondary N) is 1. The van der Waals surface area contributed by atoms with Crippen LogP contribution in [-0.2, 0) is 0 Å². The molecule has 0 amide bonds. The molecule has 1 heterocycles. The molecule has 1 aromatic heterocycles. The van der Waals surface area contributed by atoms with Crippen molar-refractivity contribution in [3.05, 3.63) is 36.0 Å². The minimum absolute atomic E-state index is 0.713. The van der Waals surface area contributed by atoms with Gasteiger partial charge in [0.2, 0.25) is 0 Å². The highest BCUT2D eigenvalue weighted by atomic mass is 28.4. The zero-order chi connectivity index (χ0) is 19.9. The Morgan fingerprint density at radius 2 is 1.35 bits per heavy atom. The van der Waals surface area contributed by atoms with E-state index in [1.54, 1.807) is 0 Å². The van der Waals surface area contributed by atoms with Crippen LogP contribution in [0.15, 0.2) is 30.3 Å². The molecule has 6 heteroatoms. The number of nitriles is 1. The molecule has 1 N–H and O–H groups in total. The first-order chi connectivity index (χ1) is 11.8. The summed E-state index contributed by atoms with van der Waals surface area (Å²) in [6, 6.07) is 12.9. The van der Waals surface area contributed by atoms with Crippen molar-refractivity contribution in [1.29, 1.82) is 5.26 Å². The number of rotatable bonds is 5. The number of hydrogen-bond acceptors (Lipinski definition) is 2. The van der Waals surface area contributed by atoms with Crippen LogP contribution in [0.5, 0.6) is 0 Å². The summed E-state index contributed by atoms with van der Waals surface area (Å²) in [4.78, 5) is 3.59. The highest BCUT2D eigenvalue weighted by molar-refractivity contribution is 7.00. The van der Waals surface area contributed by atoms with E-state index < -0.39 is 24.5 Å². The number of aromatic nitrogens is 1. The molecule has 0 radical (unpaired) electrons. The normalized spacial score (nSPS) is 12.8. The van der Waals surface area contributed by atoms with Crippen LogP contribution in [-0.4, -0.2) is 29.5 Å². The third kappa shape index (κ3) is 4.05. The Balaban J connectivity index is 2.93. The van der Waals surface area contributed by atoms with Crippen molar-refractivity contribution in [2.75, 3.05) is 4.23 Å². The van der Waals surface area contributed by atoms with Gasteiger partial charge in [-0.05, 0) is 10.8 Å². The molecule has 0 saturated carbocycles. The minimum atomic E-state index is -1.70. The predicted molar refractivity (Wildman–Crippen MR) is 123 cm³/mol. The lowest BCUT2D eigenvalue weighted by Gasteiger charge is -2.46. The van der Waals surface area contributed by atoms with Crippen molar-refractivity contribution in [1.82, 2.24) is 4.98 Å². The lowest BCUT2D eigenvalue weighted by Crippen LogP contribution is -2.62. The molecule has 0 aliphatic heterocycles. The summed E-state index contributed by atoms with van der Waals surface area (Å²) in [6.45, 7) is 21.6. The van der Waals surface area contributed by atoms with Crippen molar-refractivity contribution >= 4 is 35.5 Å². The Hall–Kier alpha value is -1.56. The summed E-state index contributed by atoms with van der Waals surface area (Å²) >= 11 is 0. The van der Waals surface area contributed by atoms with Crippen molar-refractivity contribution in [3.8, 4) is 17.2 Å². The van der Waals surface area contributed by atoms with Gasteiger partial charge in [0, 0.05) is 5.56 Å². The molecule has 0 unspecified atom stereocenters. The number of hydrogen-bond donors (Lipinski definition) is 1. The first kappa shape index (κ1) is 20.7. The molecule has 0 aliphatic carbocycles. The van der Waals surface area contributed by atoms with E-state index in [9.17, 15) is 5.26 Å². The van der Waals surface area contributed by atoms with Crippen LogP contribution in [0.1, 0.15) is 5.69 Å². The first-order valence-electron chi connectivity index (χ1n) is 9.31. The summed E-state index contributed by atoms with van der Waals surface area (Å²) in [5.74, 6) is 1.23. The van der Waals surface area contributed by atoms with E-state index >= 15 is 0 Å². The number of H-pyrrole nitrogens is 1.